The normalized spacial score (nSPS) is 27.5. The third kappa shape index (κ3) is 2.21. The summed E-state index contributed by atoms with van der Waals surface area (Å²) in [5, 5.41) is 0.686. The zero-order chi connectivity index (χ0) is 14.2. The number of amides is 1. The number of rotatable bonds is 2. The van der Waals surface area contributed by atoms with E-state index in [0.717, 1.165) is 50.9 Å². The van der Waals surface area contributed by atoms with E-state index < -0.39 is 0 Å². The van der Waals surface area contributed by atoms with E-state index in [1.807, 2.05) is 18.0 Å². The van der Waals surface area contributed by atoms with Crippen LogP contribution in [0.15, 0.2) is 18.5 Å². The summed E-state index contributed by atoms with van der Waals surface area (Å²) in [5.41, 5.74) is 0.767. The minimum atomic E-state index is -0.292. The molecule has 2 aliphatic rings. The SMILES string of the molecule is CN1CCCC2(CCCN2Cc2ccncc2Cl)C1=O. The molecule has 3 heterocycles. The lowest BCUT2D eigenvalue weighted by Crippen LogP contribution is -2.58. The van der Waals surface area contributed by atoms with Crippen LogP contribution in [0.1, 0.15) is 31.2 Å². The number of nitrogens with zero attached hydrogens (tertiary/aromatic N) is 3. The zero-order valence-electron chi connectivity index (χ0n) is 11.8. The number of likely N-dealkylation sites (tertiary alicyclic amines) is 2. The van der Waals surface area contributed by atoms with Crippen molar-refractivity contribution in [1.82, 2.24) is 14.8 Å². The fourth-order valence-corrected chi connectivity index (χ4v) is 3.78. The first-order valence-corrected chi connectivity index (χ1v) is 7.60. The van der Waals surface area contributed by atoms with Gasteiger partial charge in [-0.3, -0.25) is 14.7 Å². The molecule has 4 nitrogen and oxygen atoms in total. The number of carbonyl (C=O) groups is 1. The molecular weight excluding hydrogens is 274 g/mol. The highest BCUT2D eigenvalue weighted by Gasteiger charge is 2.49. The number of carbonyl (C=O) groups excluding carboxylic acids is 1. The lowest BCUT2D eigenvalue weighted by molar-refractivity contribution is -0.146. The van der Waals surface area contributed by atoms with Gasteiger partial charge in [-0.1, -0.05) is 11.6 Å². The Hall–Kier alpha value is -1.13. The Labute approximate surface area is 124 Å². The van der Waals surface area contributed by atoms with Gasteiger partial charge in [0, 0.05) is 32.5 Å². The van der Waals surface area contributed by atoms with Crippen molar-refractivity contribution < 1.29 is 4.79 Å². The monoisotopic (exact) mass is 293 g/mol. The molecule has 5 heteroatoms. The maximum absolute atomic E-state index is 12.7. The average Bonchev–Trinajstić information content (AvgIpc) is 2.83. The van der Waals surface area contributed by atoms with Crippen LogP contribution >= 0.6 is 11.6 Å². The van der Waals surface area contributed by atoms with Crippen LogP contribution in [0, 0.1) is 0 Å². The highest BCUT2D eigenvalue weighted by atomic mass is 35.5. The number of hydrogen-bond donors (Lipinski definition) is 0. The lowest BCUT2D eigenvalue weighted by Gasteiger charge is -2.43. The molecule has 0 aromatic carbocycles. The third-order valence-corrected chi connectivity index (χ3v) is 5.01. The number of pyridine rings is 1. The van der Waals surface area contributed by atoms with E-state index in [2.05, 4.69) is 9.88 Å². The fourth-order valence-electron chi connectivity index (χ4n) is 3.60. The highest BCUT2D eigenvalue weighted by molar-refractivity contribution is 6.31. The topological polar surface area (TPSA) is 36.4 Å². The molecule has 1 spiro atoms. The molecule has 3 rings (SSSR count). The summed E-state index contributed by atoms with van der Waals surface area (Å²) >= 11 is 6.21. The van der Waals surface area contributed by atoms with Crippen molar-refractivity contribution in [3.63, 3.8) is 0 Å². The zero-order valence-corrected chi connectivity index (χ0v) is 12.6. The number of aromatic nitrogens is 1. The maximum atomic E-state index is 12.7. The van der Waals surface area contributed by atoms with Crippen molar-refractivity contribution in [2.24, 2.45) is 0 Å². The minimum absolute atomic E-state index is 0.284. The van der Waals surface area contributed by atoms with Crippen LogP contribution in [-0.4, -0.2) is 46.4 Å². The van der Waals surface area contributed by atoms with Crippen molar-refractivity contribution in [3.8, 4) is 0 Å². The molecule has 1 aromatic heterocycles. The van der Waals surface area contributed by atoms with E-state index in [1.165, 1.54) is 0 Å². The van der Waals surface area contributed by atoms with Crippen molar-refractivity contribution >= 4 is 17.5 Å². The minimum Gasteiger partial charge on any atom is -0.344 e. The van der Waals surface area contributed by atoms with E-state index in [0.29, 0.717) is 5.02 Å². The van der Waals surface area contributed by atoms with Crippen LogP contribution in [0.5, 0.6) is 0 Å². The molecule has 1 atom stereocenters. The van der Waals surface area contributed by atoms with Gasteiger partial charge in [0.2, 0.25) is 5.91 Å². The van der Waals surface area contributed by atoms with Crippen LogP contribution in [0.25, 0.3) is 0 Å². The molecule has 1 unspecified atom stereocenters. The van der Waals surface area contributed by atoms with Gasteiger partial charge in [0.05, 0.1) is 5.02 Å². The number of likely N-dealkylation sites (N-methyl/N-ethyl adjacent to an activating group) is 1. The second kappa shape index (κ2) is 5.34. The van der Waals surface area contributed by atoms with Gasteiger partial charge in [-0.25, -0.2) is 0 Å². The lowest BCUT2D eigenvalue weighted by atomic mass is 9.85. The van der Waals surface area contributed by atoms with Crippen molar-refractivity contribution in [1.29, 1.82) is 0 Å². The van der Waals surface area contributed by atoms with Gasteiger partial charge >= 0.3 is 0 Å². The van der Waals surface area contributed by atoms with Gasteiger partial charge in [-0.05, 0) is 43.9 Å². The summed E-state index contributed by atoms with van der Waals surface area (Å²) in [6, 6.07) is 1.95. The molecule has 2 aliphatic heterocycles. The van der Waals surface area contributed by atoms with Crippen LogP contribution in [0.3, 0.4) is 0 Å². The molecule has 108 valence electrons. The van der Waals surface area contributed by atoms with E-state index in [9.17, 15) is 4.79 Å². The Kier molecular flexibility index (Phi) is 3.69. The number of piperidine rings is 1. The van der Waals surface area contributed by atoms with Gasteiger partial charge in [-0.2, -0.15) is 0 Å². The molecule has 20 heavy (non-hydrogen) atoms. The summed E-state index contributed by atoms with van der Waals surface area (Å²) in [4.78, 5) is 20.9. The fraction of sp³-hybridized carbons (Fsp3) is 0.600. The maximum Gasteiger partial charge on any atom is 0.242 e. The van der Waals surface area contributed by atoms with Crippen LogP contribution in [-0.2, 0) is 11.3 Å². The molecule has 0 saturated carbocycles. The second-order valence-electron chi connectivity index (χ2n) is 5.85. The molecule has 0 N–H and O–H groups in total. The third-order valence-electron chi connectivity index (χ3n) is 4.67. The molecule has 2 saturated heterocycles. The summed E-state index contributed by atoms with van der Waals surface area (Å²) in [5.74, 6) is 0.284. The largest absolute Gasteiger partial charge is 0.344 e. The Morgan fingerprint density at radius 2 is 2.10 bits per heavy atom. The Balaban J connectivity index is 1.86. The average molecular weight is 294 g/mol. The summed E-state index contributed by atoms with van der Waals surface area (Å²) in [6.07, 6.45) is 7.55. The van der Waals surface area contributed by atoms with E-state index >= 15 is 0 Å². The summed E-state index contributed by atoms with van der Waals surface area (Å²) < 4.78 is 0. The van der Waals surface area contributed by atoms with Crippen molar-refractivity contribution in [2.45, 2.75) is 37.8 Å². The van der Waals surface area contributed by atoms with Gasteiger partial charge in [-0.15, -0.1) is 0 Å². The standard InChI is InChI=1S/C15H20ClN3O/c1-18-8-2-5-15(14(18)20)6-3-9-19(15)11-12-4-7-17-10-13(12)16/h4,7,10H,2-3,5-6,8-9,11H2,1H3. The van der Waals surface area contributed by atoms with Gasteiger partial charge in [0.15, 0.2) is 0 Å². The van der Waals surface area contributed by atoms with Crippen molar-refractivity contribution in [3.05, 3.63) is 29.0 Å². The molecule has 0 radical (unpaired) electrons. The van der Waals surface area contributed by atoms with Gasteiger partial charge in [0.1, 0.15) is 5.54 Å². The van der Waals surface area contributed by atoms with Crippen molar-refractivity contribution in [2.75, 3.05) is 20.1 Å². The van der Waals surface area contributed by atoms with E-state index in [-0.39, 0.29) is 11.4 Å². The number of halogens is 1. The second-order valence-corrected chi connectivity index (χ2v) is 6.26. The van der Waals surface area contributed by atoms with Gasteiger partial charge < -0.3 is 4.90 Å². The molecule has 0 bridgehead atoms. The molecular formula is C15H20ClN3O. The first-order chi connectivity index (χ1) is 9.63. The Morgan fingerprint density at radius 1 is 1.35 bits per heavy atom. The van der Waals surface area contributed by atoms with E-state index in [4.69, 9.17) is 11.6 Å². The number of hydrogen-bond acceptors (Lipinski definition) is 3. The van der Waals surface area contributed by atoms with Crippen LogP contribution < -0.4 is 0 Å². The molecule has 0 aliphatic carbocycles. The predicted molar refractivity (Wildman–Crippen MR) is 78.5 cm³/mol. The summed E-state index contributed by atoms with van der Waals surface area (Å²) in [7, 11) is 1.92. The first kappa shape index (κ1) is 13.8. The van der Waals surface area contributed by atoms with Crippen LogP contribution in [0.2, 0.25) is 5.02 Å². The van der Waals surface area contributed by atoms with Crippen LogP contribution in [0.4, 0.5) is 0 Å². The summed E-state index contributed by atoms with van der Waals surface area (Å²) in [6.45, 7) is 2.59. The van der Waals surface area contributed by atoms with Gasteiger partial charge in [0.25, 0.3) is 0 Å². The first-order valence-electron chi connectivity index (χ1n) is 7.22. The molecule has 1 aromatic rings. The predicted octanol–water partition coefficient (Wildman–Crippen LogP) is 2.32. The highest BCUT2D eigenvalue weighted by Crippen LogP contribution is 2.39. The molecule has 2 fully saturated rings. The smallest absolute Gasteiger partial charge is 0.242 e. The Bertz CT molecular complexity index is 522. The molecule has 1 amide bonds. The van der Waals surface area contributed by atoms with E-state index in [1.54, 1.807) is 12.4 Å². The quantitative estimate of drug-likeness (QED) is 0.840. The Morgan fingerprint density at radius 3 is 2.85 bits per heavy atom.